The molecule has 0 radical (unpaired) electrons. The Labute approximate surface area is 110 Å². The van der Waals surface area contributed by atoms with E-state index in [9.17, 15) is 4.79 Å². The van der Waals surface area contributed by atoms with Gasteiger partial charge in [-0.15, -0.1) is 0 Å². The second-order valence-corrected chi connectivity index (χ2v) is 5.45. The highest BCUT2D eigenvalue weighted by Gasteiger charge is 2.17. The Kier molecular flexibility index (Phi) is 4.76. The monoisotopic (exact) mass is 249 g/mol. The first-order valence-corrected chi connectivity index (χ1v) is 6.44. The van der Waals surface area contributed by atoms with Crippen molar-refractivity contribution in [3.8, 4) is 5.75 Å². The predicted octanol–water partition coefficient (Wildman–Crippen LogP) is 3.87. The van der Waals surface area contributed by atoms with E-state index in [0.29, 0.717) is 5.75 Å². The van der Waals surface area contributed by atoms with Crippen molar-refractivity contribution in [2.24, 2.45) is 0 Å². The van der Waals surface area contributed by atoms with Gasteiger partial charge in [-0.2, -0.15) is 0 Å². The van der Waals surface area contributed by atoms with Gasteiger partial charge in [0.2, 0.25) is 0 Å². The Hall–Kier alpha value is -1.51. The molecule has 1 N–H and O–H groups in total. The van der Waals surface area contributed by atoms with Crippen LogP contribution in [0.3, 0.4) is 0 Å². The number of rotatable bonds is 4. The van der Waals surface area contributed by atoms with Crippen LogP contribution in [-0.4, -0.2) is 12.1 Å². The van der Waals surface area contributed by atoms with Crippen LogP contribution < -0.4 is 10.1 Å². The van der Waals surface area contributed by atoms with Gasteiger partial charge in [-0.25, -0.2) is 4.79 Å². The molecule has 0 aromatic heterocycles. The third-order valence-electron chi connectivity index (χ3n) is 3.14. The summed E-state index contributed by atoms with van der Waals surface area (Å²) < 4.78 is 5.18. The van der Waals surface area contributed by atoms with Gasteiger partial charge in [-0.3, -0.25) is 0 Å². The van der Waals surface area contributed by atoms with Crippen molar-refractivity contribution in [1.29, 1.82) is 0 Å². The maximum absolute atomic E-state index is 11.4. The fraction of sp³-hybridized carbons (Fsp3) is 0.533. The van der Waals surface area contributed by atoms with E-state index in [4.69, 9.17) is 4.74 Å². The van der Waals surface area contributed by atoms with Gasteiger partial charge in [0.05, 0.1) is 0 Å². The van der Waals surface area contributed by atoms with Crippen LogP contribution in [0.2, 0.25) is 0 Å². The highest BCUT2D eigenvalue weighted by molar-refractivity contribution is 5.70. The Bertz CT molecular complexity index is 393. The molecule has 3 heteroatoms. The quantitative estimate of drug-likeness (QED) is 0.879. The second-order valence-electron chi connectivity index (χ2n) is 5.45. The largest absolute Gasteiger partial charge is 0.412 e. The van der Waals surface area contributed by atoms with E-state index in [0.717, 1.165) is 6.42 Å². The molecule has 0 unspecified atom stereocenters. The second kappa shape index (κ2) is 5.89. The smallest absolute Gasteiger partial charge is 0.410 e. The molecule has 0 aliphatic heterocycles. The van der Waals surface area contributed by atoms with Crippen molar-refractivity contribution >= 4 is 6.09 Å². The topological polar surface area (TPSA) is 38.3 Å². The SMILES string of the molecule is CCC(C)(C)c1ccc(OC(=O)NC(C)C)cc1. The van der Waals surface area contributed by atoms with Gasteiger partial charge in [0, 0.05) is 6.04 Å². The van der Waals surface area contributed by atoms with Crippen LogP contribution in [0, 0.1) is 0 Å². The highest BCUT2D eigenvalue weighted by atomic mass is 16.6. The van der Waals surface area contributed by atoms with Crippen LogP contribution in [0.25, 0.3) is 0 Å². The van der Waals surface area contributed by atoms with Crippen LogP contribution in [0.4, 0.5) is 4.79 Å². The van der Waals surface area contributed by atoms with Gasteiger partial charge in [0.15, 0.2) is 0 Å². The first-order valence-electron chi connectivity index (χ1n) is 6.44. The summed E-state index contributed by atoms with van der Waals surface area (Å²) in [7, 11) is 0. The van der Waals surface area contributed by atoms with Crippen LogP contribution in [0.1, 0.15) is 46.6 Å². The molecule has 0 fully saturated rings. The average Bonchev–Trinajstić information content (AvgIpc) is 2.28. The summed E-state index contributed by atoms with van der Waals surface area (Å²) in [5.74, 6) is 0.573. The van der Waals surface area contributed by atoms with Crippen LogP contribution in [0.5, 0.6) is 5.75 Å². The Morgan fingerprint density at radius 3 is 2.28 bits per heavy atom. The number of amides is 1. The van der Waals surface area contributed by atoms with Crippen molar-refractivity contribution in [3.05, 3.63) is 29.8 Å². The van der Waals surface area contributed by atoms with Crippen molar-refractivity contribution in [2.45, 2.75) is 52.5 Å². The lowest BCUT2D eigenvalue weighted by molar-refractivity contribution is 0.197. The molecule has 18 heavy (non-hydrogen) atoms. The normalized spacial score (nSPS) is 11.4. The van der Waals surface area contributed by atoms with Gasteiger partial charge < -0.3 is 10.1 Å². The molecule has 0 aliphatic rings. The summed E-state index contributed by atoms with van der Waals surface area (Å²) in [5.41, 5.74) is 1.40. The van der Waals surface area contributed by atoms with E-state index in [1.165, 1.54) is 5.56 Å². The summed E-state index contributed by atoms with van der Waals surface area (Å²) in [6, 6.07) is 7.79. The molecule has 3 nitrogen and oxygen atoms in total. The summed E-state index contributed by atoms with van der Waals surface area (Å²) in [4.78, 5) is 11.4. The van der Waals surface area contributed by atoms with Crippen molar-refractivity contribution in [3.63, 3.8) is 0 Å². The van der Waals surface area contributed by atoms with Crippen molar-refractivity contribution in [1.82, 2.24) is 5.32 Å². The first-order chi connectivity index (χ1) is 8.35. The Balaban J connectivity index is 2.69. The fourth-order valence-electron chi connectivity index (χ4n) is 1.55. The summed E-state index contributed by atoms with van der Waals surface area (Å²) in [6.45, 7) is 10.4. The Morgan fingerprint density at radius 1 is 1.28 bits per heavy atom. The highest BCUT2D eigenvalue weighted by Crippen LogP contribution is 2.27. The predicted molar refractivity (Wildman–Crippen MR) is 74.1 cm³/mol. The molecule has 1 amide bonds. The summed E-state index contributed by atoms with van der Waals surface area (Å²) in [5, 5.41) is 2.69. The van der Waals surface area contributed by atoms with Crippen LogP contribution in [0.15, 0.2) is 24.3 Å². The lowest BCUT2D eigenvalue weighted by Crippen LogP contribution is -2.32. The van der Waals surface area contributed by atoms with Gasteiger partial charge in [0.25, 0.3) is 0 Å². The third-order valence-corrected chi connectivity index (χ3v) is 3.14. The van der Waals surface area contributed by atoms with E-state index in [2.05, 4.69) is 26.1 Å². The van der Waals surface area contributed by atoms with Gasteiger partial charge in [-0.05, 0) is 43.4 Å². The van der Waals surface area contributed by atoms with Crippen LogP contribution in [-0.2, 0) is 5.41 Å². The molecule has 0 spiro atoms. The summed E-state index contributed by atoms with van der Waals surface area (Å²) >= 11 is 0. The minimum atomic E-state index is -0.410. The molecule has 0 bridgehead atoms. The number of carbonyl (C=O) groups is 1. The zero-order valence-electron chi connectivity index (χ0n) is 11.9. The lowest BCUT2D eigenvalue weighted by Gasteiger charge is -2.23. The van der Waals surface area contributed by atoms with E-state index < -0.39 is 6.09 Å². The van der Waals surface area contributed by atoms with E-state index in [1.807, 2.05) is 38.1 Å². The third kappa shape index (κ3) is 4.06. The number of nitrogens with one attached hydrogen (secondary N) is 1. The molecule has 0 atom stereocenters. The first kappa shape index (κ1) is 14.6. The van der Waals surface area contributed by atoms with Gasteiger partial charge >= 0.3 is 6.09 Å². The maximum Gasteiger partial charge on any atom is 0.412 e. The summed E-state index contributed by atoms with van der Waals surface area (Å²) in [6.07, 6.45) is 0.661. The fourth-order valence-corrected chi connectivity index (χ4v) is 1.55. The zero-order chi connectivity index (χ0) is 13.8. The van der Waals surface area contributed by atoms with Crippen molar-refractivity contribution in [2.75, 3.05) is 0 Å². The molecule has 1 aromatic rings. The maximum atomic E-state index is 11.4. The number of ether oxygens (including phenoxy) is 1. The molecule has 1 aromatic carbocycles. The standard InChI is InChI=1S/C15H23NO2/c1-6-15(4,5)12-7-9-13(10-8-12)18-14(17)16-11(2)3/h7-11H,6H2,1-5H3,(H,16,17). The minimum absolute atomic E-state index is 0.0794. The molecule has 0 saturated carbocycles. The lowest BCUT2D eigenvalue weighted by atomic mass is 9.82. The average molecular weight is 249 g/mol. The number of hydrogen-bond donors (Lipinski definition) is 1. The number of benzene rings is 1. The van der Waals surface area contributed by atoms with E-state index in [-0.39, 0.29) is 11.5 Å². The van der Waals surface area contributed by atoms with E-state index in [1.54, 1.807) is 0 Å². The van der Waals surface area contributed by atoms with Crippen LogP contribution >= 0.6 is 0 Å². The molecule has 0 aliphatic carbocycles. The van der Waals surface area contributed by atoms with Gasteiger partial charge in [0.1, 0.15) is 5.75 Å². The Morgan fingerprint density at radius 2 is 1.83 bits per heavy atom. The molecule has 0 saturated heterocycles. The molecular formula is C15H23NO2. The molecule has 1 rings (SSSR count). The molecule has 100 valence electrons. The number of hydrogen-bond acceptors (Lipinski definition) is 2. The van der Waals surface area contributed by atoms with E-state index >= 15 is 0 Å². The van der Waals surface area contributed by atoms with Crippen molar-refractivity contribution < 1.29 is 9.53 Å². The minimum Gasteiger partial charge on any atom is -0.410 e. The number of carbonyl (C=O) groups excluding carboxylic acids is 1. The molecular weight excluding hydrogens is 226 g/mol. The molecule has 0 heterocycles. The zero-order valence-corrected chi connectivity index (χ0v) is 11.9. The van der Waals surface area contributed by atoms with Gasteiger partial charge in [-0.1, -0.05) is 32.9 Å².